The number of rotatable bonds is 6. The minimum Gasteiger partial charge on any atom is -0.497 e. The van der Waals surface area contributed by atoms with E-state index in [1.807, 2.05) is 0 Å². The van der Waals surface area contributed by atoms with E-state index in [-0.39, 0.29) is 6.54 Å². The van der Waals surface area contributed by atoms with Gasteiger partial charge in [0.25, 0.3) is 0 Å². The van der Waals surface area contributed by atoms with Gasteiger partial charge in [-0.2, -0.15) is 0 Å². The summed E-state index contributed by atoms with van der Waals surface area (Å²) in [6.07, 6.45) is -0.464. The first-order chi connectivity index (χ1) is 15.1. The molecule has 0 aliphatic carbocycles. The summed E-state index contributed by atoms with van der Waals surface area (Å²) in [6, 6.07) is 15.2. The number of hydrogen-bond donors (Lipinski definition) is 0. The number of carbonyl (C=O) groups excluding carboxylic acids is 1. The molecule has 1 unspecified atom stereocenters. The molecule has 1 amide bonds. The maximum atomic E-state index is 14.6. The van der Waals surface area contributed by atoms with Gasteiger partial charge < -0.3 is 14.4 Å². The Kier molecular flexibility index (Phi) is 7.36. The topological polar surface area (TPSA) is 55.8 Å². The molecule has 1 aromatic heterocycles. The third-order valence-corrected chi connectivity index (χ3v) is 7.29. The lowest BCUT2D eigenvalue weighted by Crippen LogP contribution is -2.33. The standard InChI is InChI=1S/C24H26FNO4S2/c1-24(2,3)30-23(27)26(4)15-17-14-20(19-11-6-7-12-21(19)25)22(31-17)32(28)18-10-8-9-16(13-18)29-5/h6-14H,15H2,1-5H3. The van der Waals surface area contributed by atoms with Gasteiger partial charge in [-0.05, 0) is 51.1 Å². The number of carbonyl (C=O) groups is 1. The average molecular weight is 476 g/mol. The predicted octanol–water partition coefficient (Wildman–Crippen LogP) is 6.10. The van der Waals surface area contributed by atoms with Gasteiger partial charge in [-0.15, -0.1) is 11.3 Å². The Balaban J connectivity index is 2.00. The lowest BCUT2D eigenvalue weighted by molar-refractivity contribution is 0.0286. The van der Waals surface area contributed by atoms with E-state index in [2.05, 4.69) is 0 Å². The molecule has 1 atom stereocenters. The van der Waals surface area contributed by atoms with Crippen molar-refractivity contribution in [3.05, 3.63) is 65.3 Å². The normalized spacial score (nSPS) is 12.3. The molecule has 0 bridgehead atoms. The molecule has 3 aromatic rings. The highest BCUT2D eigenvalue weighted by Crippen LogP contribution is 2.38. The van der Waals surface area contributed by atoms with Crippen LogP contribution in [-0.2, 0) is 22.1 Å². The monoisotopic (exact) mass is 475 g/mol. The van der Waals surface area contributed by atoms with Crippen LogP contribution in [0.3, 0.4) is 0 Å². The largest absolute Gasteiger partial charge is 0.497 e. The Morgan fingerprint density at radius 1 is 1.09 bits per heavy atom. The van der Waals surface area contributed by atoms with E-state index in [0.717, 1.165) is 4.88 Å². The fraction of sp³-hybridized carbons (Fsp3) is 0.292. The Bertz CT molecular complexity index is 1140. The summed E-state index contributed by atoms with van der Waals surface area (Å²) in [6.45, 7) is 5.65. The van der Waals surface area contributed by atoms with Crippen LogP contribution < -0.4 is 4.74 Å². The van der Waals surface area contributed by atoms with E-state index in [4.69, 9.17) is 9.47 Å². The summed E-state index contributed by atoms with van der Waals surface area (Å²) in [7, 11) is 1.62. The molecule has 0 aliphatic heterocycles. The Hall–Kier alpha value is -2.71. The lowest BCUT2D eigenvalue weighted by Gasteiger charge is -2.24. The van der Waals surface area contributed by atoms with Crippen molar-refractivity contribution in [1.82, 2.24) is 4.90 Å². The van der Waals surface area contributed by atoms with E-state index in [9.17, 15) is 13.4 Å². The molecule has 1 heterocycles. The molecule has 3 rings (SSSR count). The minimum absolute atomic E-state index is 0.246. The van der Waals surface area contributed by atoms with Crippen LogP contribution in [0.2, 0.25) is 0 Å². The highest BCUT2D eigenvalue weighted by atomic mass is 32.2. The predicted molar refractivity (Wildman–Crippen MR) is 125 cm³/mol. The molecular formula is C24H26FNO4S2. The molecule has 2 aromatic carbocycles. The maximum absolute atomic E-state index is 14.6. The molecule has 0 saturated heterocycles. The zero-order chi connectivity index (χ0) is 23.5. The number of halogens is 1. The zero-order valence-corrected chi connectivity index (χ0v) is 20.3. The molecule has 5 nitrogen and oxygen atoms in total. The van der Waals surface area contributed by atoms with E-state index in [1.165, 1.54) is 22.3 Å². The number of benzene rings is 2. The molecule has 0 aliphatic rings. The van der Waals surface area contributed by atoms with E-state index >= 15 is 0 Å². The second kappa shape index (κ2) is 9.83. The first kappa shape index (κ1) is 23.9. The number of hydrogen-bond acceptors (Lipinski definition) is 5. The number of thiophene rings is 1. The molecule has 8 heteroatoms. The van der Waals surface area contributed by atoms with Gasteiger partial charge in [-0.3, -0.25) is 0 Å². The van der Waals surface area contributed by atoms with Crippen molar-refractivity contribution in [1.29, 1.82) is 0 Å². The third-order valence-electron chi connectivity index (χ3n) is 4.43. The van der Waals surface area contributed by atoms with Crippen LogP contribution in [0.4, 0.5) is 9.18 Å². The summed E-state index contributed by atoms with van der Waals surface area (Å²) in [5.74, 6) is 0.186. The fourth-order valence-corrected chi connectivity index (χ4v) is 5.84. The van der Waals surface area contributed by atoms with E-state index < -0.39 is 28.3 Å². The molecule has 170 valence electrons. The molecule has 0 N–H and O–H groups in total. The van der Waals surface area contributed by atoms with Crippen LogP contribution in [0.15, 0.2) is 63.7 Å². The molecular weight excluding hydrogens is 449 g/mol. The van der Waals surface area contributed by atoms with Gasteiger partial charge in [0, 0.05) is 27.9 Å². The summed E-state index contributed by atoms with van der Waals surface area (Å²) >= 11 is 1.29. The third kappa shape index (κ3) is 5.75. The lowest BCUT2D eigenvalue weighted by atomic mass is 10.1. The van der Waals surface area contributed by atoms with Gasteiger partial charge in [0.05, 0.1) is 24.5 Å². The molecule has 0 fully saturated rings. The zero-order valence-electron chi connectivity index (χ0n) is 18.7. The summed E-state index contributed by atoms with van der Waals surface area (Å²) in [4.78, 5) is 15.1. The quantitative estimate of drug-likeness (QED) is 0.432. The van der Waals surface area contributed by atoms with Crippen molar-refractivity contribution in [2.75, 3.05) is 14.2 Å². The summed E-state index contributed by atoms with van der Waals surface area (Å²) in [5.41, 5.74) is 0.293. The second-order valence-corrected chi connectivity index (χ2v) is 11.0. The molecule has 0 saturated carbocycles. The summed E-state index contributed by atoms with van der Waals surface area (Å²) in [5, 5.41) is 0. The van der Waals surface area contributed by atoms with Gasteiger partial charge in [0.2, 0.25) is 0 Å². The first-order valence-electron chi connectivity index (χ1n) is 9.96. The van der Waals surface area contributed by atoms with Crippen molar-refractivity contribution in [2.45, 2.75) is 42.0 Å². The SMILES string of the molecule is COc1cccc(S(=O)c2sc(CN(C)C(=O)OC(C)(C)C)cc2-c2ccccc2F)c1. The molecule has 0 spiro atoms. The minimum atomic E-state index is -1.56. The maximum Gasteiger partial charge on any atom is 0.410 e. The van der Waals surface area contributed by atoms with Crippen LogP contribution >= 0.6 is 11.3 Å². The van der Waals surface area contributed by atoms with Crippen LogP contribution in [0.5, 0.6) is 5.75 Å². The Morgan fingerprint density at radius 2 is 1.81 bits per heavy atom. The van der Waals surface area contributed by atoms with Crippen LogP contribution in [0.1, 0.15) is 25.6 Å². The highest BCUT2D eigenvalue weighted by Gasteiger charge is 2.24. The van der Waals surface area contributed by atoms with Crippen LogP contribution in [-0.4, -0.2) is 35.0 Å². The second-order valence-electron chi connectivity index (χ2n) is 8.18. The first-order valence-corrected chi connectivity index (χ1v) is 11.9. The number of methoxy groups -OCH3 is 1. The van der Waals surface area contributed by atoms with Crippen LogP contribution in [0, 0.1) is 5.82 Å². The molecule has 0 radical (unpaired) electrons. The van der Waals surface area contributed by atoms with Crippen molar-refractivity contribution in [3.8, 4) is 16.9 Å². The Morgan fingerprint density at radius 3 is 2.47 bits per heavy atom. The van der Waals surface area contributed by atoms with Crippen molar-refractivity contribution < 1.29 is 22.9 Å². The van der Waals surface area contributed by atoms with E-state index in [0.29, 0.717) is 26.0 Å². The van der Waals surface area contributed by atoms with Gasteiger partial charge in [0.1, 0.15) is 21.4 Å². The average Bonchev–Trinajstić information content (AvgIpc) is 3.15. The fourth-order valence-electron chi connectivity index (χ4n) is 2.97. The van der Waals surface area contributed by atoms with Gasteiger partial charge in [0.15, 0.2) is 0 Å². The van der Waals surface area contributed by atoms with Gasteiger partial charge in [-0.1, -0.05) is 24.3 Å². The highest BCUT2D eigenvalue weighted by molar-refractivity contribution is 7.87. The van der Waals surface area contributed by atoms with Gasteiger partial charge >= 0.3 is 6.09 Å². The molecule has 32 heavy (non-hydrogen) atoms. The Labute approximate surface area is 194 Å². The van der Waals surface area contributed by atoms with E-state index in [1.54, 1.807) is 83.5 Å². The smallest absolute Gasteiger partial charge is 0.410 e. The van der Waals surface area contributed by atoms with Crippen LogP contribution in [0.25, 0.3) is 11.1 Å². The number of nitrogens with zero attached hydrogens (tertiary/aromatic N) is 1. The van der Waals surface area contributed by atoms with Crippen molar-refractivity contribution >= 4 is 28.2 Å². The van der Waals surface area contributed by atoms with Gasteiger partial charge in [-0.25, -0.2) is 13.4 Å². The summed E-state index contributed by atoms with van der Waals surface area (Å²) < 4.78 is 39.3. The van der Waals surface area contributed by atoms with Crippen molar-refractivity contribution in [2.24, 2.45) is 0 Å². The number of amides is 1. The number of ether oxygens (including phenoxy) is 2. The van der Waals surface area contributed by atoms with Crippen molar-refractivity contribution in [3.63, 3.8) is 0 Å².